The lowest BCUT2D eigenvalue weighted by Gasteiger charge is -2.36. The van der Waals surface area contributed by atoms with Crippen molar-refractivity contribution in [3.05, 3.63) is 39.4 Å². The molecule has 0 heterocycles. The van der Waals surface area contributed by atoms with Gasteiger partial charge in [0.2, 0.25) is 5.91 Å². The number of nitrogens with zero attached hydrogens (tertiary/aromatic N) is 1. The molecule has 25 heavy (non-hydrogen) atoms. The van der Waals surface area contributed by atoms with Gasteiger partial charge in [-0.15, -0.1) is 12.4 Å². The van der Waals surface area contributed by atoms with E-state index >= 15 is 0 Å². The van der Waals surface area contributed by atoms with Crippen LogP contribution in [0, 0.1) is 22.5 Å². The van der Waals surface area contributed by atoms with E-state index in [9.17, 15) is 14.9 Å². The molecule has 0 radical (unpaired) electrons. The molecule has 0 saturated heterocycles. The predicted octanol–water partition coefficient (Wildman–Crippen LogP) is 3.80. The van der Waals surface area contributed by atoms with Crippen LogP contribution in [0.2, 0.25) is 0 Å². The molecule has 0 aliphatic heterocycles. The predicted molar refractivity (Wildman–Crippen MR) is 101 cm³/mol. The Balaban J connectivity index is 0.00000312. The number of rotatable bonds is 6. The topological polar surface area (TPSA) is 98.3 Å². The summed E-state index contributed by atoms with van der Waals surface area (Å²) >= 11 is 0. The van der Waals surface area contributed by atoms with Crippen LogP contribution in [0.1, 0.15) is 62.6 Å². The van der Waals surface area contributed by atoms with E-state index in [1.165, 1.54) is 6.42 Å². The van der Waals surface area contributed by atoms with Gasteiger partial charge in [-0.05, 0) is 44.2 Å². The van der Waals surface area contributed by atoms with Gasteiger partial charge in [0.05, 0.1) is 11.0 Å². The molecular formula is C18H28ClN3O3. The zero-order valence-corrected chi connectivity index (χ0v) is 15.7. The van der Waals surface area contributed by atoms with E-state index in [0.29, 0.717) is 18.5 Å². The molecule has 7 heteroatoms. The Morgan fingerprint density at radius 1 is 1.36 bits per heavy atom. The third-order valence-corrected chi connectivity index (χ3v) is 5.19. The van der Waals surface area contributed by atoms with Crippen molar-refractivity contribution in [2.24, 2.45) is 11.1 Å². The number of benzene rings is 1. The highest BCUT2D eigenvalue weighted by molar-refractivity contribution is 5.85. The maximum absolute atomic E-state index is 12.4. The van der Waals surface area contributed by atoms with E-state index in [4.69, 9.17) is 5.73 Å². The summed E-state index contributed by atoms with van der Waals surface area (Å²) in [4.78, 5) is 23.1. The molecule has 1 aromatic rings. The van der Waals surface area contributed by atoms with E-state index in [1.54, 1.807) is 19.1 Å². The van der Waals surface area contributed by atoms with E-state index in [1.807, 2.05) is 13.0 Å². The monoisotopic (exact) mass is 369 g/mol. The molecule has 1 fully saturated rings. The van der Waals surface area contributed by atoms with Gasteiger partial charge in [0.15, 0.2) is 0 Å². The molecule has 0 spiro atoms. The van der Waals surface area contributed by atoms with E-state index < -0.39 is 4.92 Å². The maximum Gasteiger partial charge on any atom is 0.272 e. The van der Waals surface area contributed by atoms with E-state index in [2.05, 4.69) is 5.32 Å². The Morgan fingerprint density at radius 3 is 2.56 bits per heavy atom. The summed E-state index contributed by atoms with van der Waals surface area (Å²) in [5, 5.41) is 14.0. The van der Waals surface area contributed by atoms with Crippen LogP contribution in [0.25, 0.3) is 0 Å². The first-order chi connectivity index (χ1) is 11.4. The summed E-state index contributed by atoms with van der Waals surface area (Å²) in [5.74, 6) is -0.0296. The molecule has 1 unspecified atom stereocenters. The lowest BCUT2D eigenvalue weighted by molar-refractivity contribution is -0.385. The lowest BCUT2D eigenvalue weighted by Crippen LogP contribution is -2.39. The van der Waals surface area contributed by atoms with Crippen LogP contribution in [-0.4, -0.2) is 17.4 Å². The van der Waals surface area contributed by atoms with Crippen molar-refractivity contribution < 1.29 is 9.72 Å². The van der Waals surface area contributed by atoms with Crippen molar-refractivity contribution in [2.75, 3.05) is 6.54 Å². The first-order valence-corrected chi connectivity index (χ1v) is 8.61. The summed E-state index contributed by atoms with van der Waals surface area (Å²) in [7, 11) is 0. The number of carbonyl (C=O) groups excluding carboxylic acids is 1. The van der Waals surface area contributed by atoms with Gasteiger partial charge in [-0.2, -0.15) is 0 Å². The molecule has 1 saturated carbocycles. The zero-order valence-electron chi connectivity index (χ0n) is 14.9. The Kier molecular flexibility index (Phi) is 7.83. The number of nitro groups is 1. The average Bonchev–Trinajstić information content (AvgIpc) is 2.55. The summed E-state index contributed by atoms with van der Waals surface area (Å²) in [6.07, 6.45) is 5.91. The lowest BCUT2D eigenvalue weighted by atomic mass is 9.71. The van der Waals surface area contributed by atoms with Crippen LogP contribution in [0.15, 0.2) is 18.2 Å². The minimum Gasteiger partial charge on any atom is -0.350 e. The largest absolute Gasteiger partial charge is 0.350 e. The third-order valence-electron chi connectivity index (χ3n) is 5.19. The van der Waals surface area contributed by atoms with Crippen LogP contribution in [0.4, 0.5) is 5.69 Å². The molecule has 2 rings (SSSR count). The molecule has 0 aromatic heterocycles. The molecule has 140 valence electrons. The zero-order chi connectivity index (χ0) is 17.7. The van der Waals surface area contributed by atoms with Crippen molar-refractivity contribution in [1.82, 2.24) is 5.32 Å². The smallest absolute Gasteiger partial charge is 0.272 e. The van der Waals surface area contributed by atoms with Crippen molar-refractivity contribution in [1.29, 1.82) is 0 Å². The first kappa shape index (κ1) is 21.4. The van der Waals surface area contributed by atoms with Gasteiger partial charge >= 0.3 is 0 Å². The highest BCUT2D eigenvalue weighted by atomic mass is 35.5. The van der Waals surface area contributed by atoms with Gasteiger partial charge in [-0.25, -0.2) is 0 Å². The van der Waals surface area contributed by atoms with Gasteiger partial charge in [-0.1, -0.05) is 31.4 Å². The molecule has 1 aliphatic carbocycles. The highest BCUT2D eigenvalue weighted by Crippen LogP contribution is 2.38. The second-order valence-corrected chi connectivity index (χ2v) is 7.03. The van der Waals surface area contributed by atoms with Crippen LogP contribution in [0.3, 0.4) is 0 Å². The number of nitrogens with one attached hydrogen (secondary N) is 1. The second-order valence-electron chi connectivity index (χ2n) is 7.03. The first-order valence-electron chi connectivity index (χ1n) is 8.61. The molecule has 1 aliphatic rings. The highest BCUT2D eigenvalue weighted by Gasteiger charge is 2.33. The third kappa shape index (κ3) is 5.41. The van der Waals surface area contributed by atoms with Gasteiger partial charge < -0.3 is 11.1 Å². The Labute approximate surface area is 155 Å². The minimum atomic E-state index is -0.390. The molecule has 1 atom stereocenters. The van der Waals surface area contributed by atoms with Gasteiger partial charge in [0.1, 0.15) is 0 Å². The number of halogens is 1. The Bertz CT molecular complexity index is 616. The maximum atomic E-state index is 12.4. The molecule has 1 amide bonds. The second kappa shape index (κ2) is 9.15. The van der Waals surface area contributed by atoms with Crippen molar-refractivity contribution in [3.8, 4) is 0 Å². The van der Waals surface area contributed by atoms with Crippen LogP contribution in [0.5, 0.6) is 0 Å². The summed E-state index contributed by atoms with van der Waals surface area (Å²) in [6.45, 7) is 4.09. The fourth-order valence-corrected chi connectivity index (χ4v) is 3.56. The minimum absolute atomic E-state index is 0. The number of nitrogens with two attached hydrogens (primary N) is 1. The van der Waals surface area contributed by atoms with Gasteiger partial charge in [0.25, 0.3) is 5.69 Å². The van der Waals surface area contributed by atoms with E-state index in [0.717, 1.165) is 31.2 Å². The quantitative estimate of drug-likeness (QED) is 0.588. The van der Waals surface area contributed by atoms with Gasteiger partial charge in [-0.3, -0.25) is 14.9 Å². The molecule has 0 bridgehead atoms. The molecular weight excluding hydrogens is 342 g/mol. The number of amides is 1. The van der Waals surface area contributed by atoms with Crippen molar-refractivity contribution in [3.63, 3.8) is 0 Å². The number of nitro benzene ring substituents is 1. The van der Waals surface area contributed by atoms with Crippen LogP contribution < -0.4 is 11.1 Å². The van der Waals surface area contributed by atoms with Crippen molar-refractivity contribution in [2.45, 2.75) is 58.4 Å². The molecule has 1 aromatic carbocycles. The number of aryl methyl sites for hydroxylation is 1. The van der Waals surface area contributed by atoms with E-state index in [-0.39, 0.29) is 35.5 Å². The van der Waals surface area contributed by atoms with Crippen molar-refractivity contribution >= 4 is 24.0 Å². The molecule has 3 N–H and O–H groups in total. The average molecular weight is 370 g/mol. The summed E-state index contributed by atoms with van der Waals surface area (Å²) in [5.41, 5.74) is 7.30. The number of carbonyl (C=O) groups is 1. The summed E-state index contributed by atoms with van der Waals surface area (Å²) in [6, 6.07) is 4.82. The Morgan fingerprint density at radius 2 is 2.00 bits per heavy atom. The SMILES string of the molecule is Cc1ccc(C(C)NC(=O)CC2(CN)CCCCC2)cc1[N+](=O)[O-].Cl. The summed E-state index contributed by atoms with van der Waals surface area (Å²) < 4.78 is 0. The van der Waals surface area contributed by atoms with Crippen LogP contribution >= 0.6 is 12.4 Å². The van der Waals surface area contributed by atoms with Crippen LogP contribution in [-0.2, 0) is 4.79 Å². The molecule has 6 nitrogen and oxygen atoms in total. The fourth-order valence-electron chi connectivity index (χ4n) is 3.56. The normalized spacial score (nSPS) is 17.2. The van der Waals surface area contributed by atoms with Gasteiger partial charge in [0, 0.05) is 18.1 Å². The standard InChI is InChI=1S/C18H27N3O3.ClH/c1-13-6-7-15(10-16(13)21(23)24)14(2)20-17(22)11-18(12-19)8-4-3-5-9-18;/h6-7,10,14H,3-5,8-9,11-12,19H2,1-2H3,(H,20,22);1H. The number of hydrogen-bond acceptors (Lipinski definition) is 4. The number of hydrogen-bond donors (Lipinski definition) is 2. The fraction of sp³-hybridized carbons (Fsp3) is 0.611. The Hall–Kier alpha value is -1.66.